The van der Waals surface area contributed by atoms with E-state index in [0.717, 1.165) is 26.0 Å². The van der Waals surface area contributed by atoms with Gasteiger partial charge in [-0.05, 0) is 26.7 Å². The van der Waals surface area contributed by atoms with E-state index in [1.807, 2.05) is 0 Å². The molecule has 0 aromatic carbocycles. The molecule has 0 aromatic heterocycles. The summed E-state index contributed by atoms with van der Waals surface area (Å²) in [4.78, 5) is 0. The number of nitrogens with one attached hydrogen (secondary N) is 1. The highest BCUT2D eigenvalue weighted by atomic mass is 16.5. The Morgan fingerprint density at radius 3 is 3.00 bits per heavy atom. The van der Waals surface area contributed by atoms with Crippen LogP contribution < -0.4 is 5.32 Å². The van der Waals surface area contributed by atoms with E-state index in [9.17, 15) is 0 Å². The smallest absolute Gasteiger partial charge is 0.108 e. The van der Waals surface area contributed by atoms with E-state index in [-0.39, 0.29) is 0 Å². The highest BCUT2D eigenvalue weighted by Crippen LogP contribution is 2.05. The Kier molecular flexibility index (Phi) is 3.60. The van der Waals surface area contributed by atoms with E-state index in [0.29, 0.717) is 6.23 Å². The Balaban J connectivity index is 2.07. The summed E-state index contributed by atoms with van der Waals surface area (Å²) in [7, 11) is 0. The molecule has 0 aliphatic carbocycles. The maximum atomic E-state index is 5.39. The maximum Gasteiger partial charge on any atom is 0.108 e. The second kappa shape index (κ2) is 4.52. The van der Waals surface area contributed by atoms with Gasteiger partial charge >= 0.3 is 0 Å². The van der Waals surface area contributed by atoms with Gasteiger partial charge in [-0.2, -0.15) is 0 Å². The highest BCUT2D eigenvalue weighted by Gasteiger charge is 2.12. The lowest BCUT2D eigenvalue weighted by atomic mass is 10.2. The third-order valence-electron chi connectivity index (χ3n) is 1.77. The number of rotatable bonds is 3. The molecule has 11 heavy (non-hydrogen) atoms. The van der Waals surface area contributed by atoms with E-state index >= 15 is 0 Å². The minimum Gasteiger partial charge on any atom is -0.362 e. The van der Waals surface area contributed by atoms with Crippen molar-refractivity contribution in [3.63, 3.8) is 0 Å². The molecule has 1 N–H and O–H groups in total. The molecule has 2 nitrogen and oxygen atoms in total. The van der Waals surface area contributed by atoms with Crippen LogP contribution in [0.15, 0.2) is 11.6 Å². The standard InChI is InChI=1S/C9H17NO/c1-8(2)4-3-5-9-10-6-7-11-9/h4,9-10H,3,5-7H2,1-2H3. The van der Waals surface area contributed by atoms with Gasteiger partial charge in [0.15, 0.2) is 0 Å². The van der Waals surface area contributed by atoms with Crippen LogP contribution in [0.4, 0.5) is 0 Å². The molecule has 1 fully saturated rings. The van der Waals surface area contributed by atoms with E-state index in [1.165, 1.54) is 5.57 Å². The molecule has 0 radical (unpaired) electrons. The first-order chi connectivity index (χ1) is 5.29. The quantitative estimate of drug-likeness (QED) is 0.626. The maximum absolute atomic E-state index is 5.39. The average molecular weight is 155 g/mol. The third kappa shape index (κ3) is 3.54. The van der Waals surface area contributed by atoms with Crippen molar-refractivity contribution in [3.8, 4) is 0 Å². The number of ether oxygens (including phenoxy) is 1. The molecule has 0 bridgehead atoms. The van der Waals surface area contributed by atoms with E-state index in [4.69, 9.17) is 4.74 Å². The molecule has 0 spiro atoms. The lowest BCUT2D eigenvalue weighted by Gasteiger charge is -2.06. The van der Waals surface area contributed by atoms with E-state index < -0.39 is 0 Å². The lowest BCUT2D eigenvalue weighted by molar-refractivity contribution is 0.0951. The molecule has 1 saturated heterocycles. The largest absolute Gasteiger partial charge is 0.362 e. The van der Waals surface area contributed by atoms with Gasteiger partial charge in [-0.1, -0.05) is 11.6 Å². The van der Waals surface area contributed by atoms with Gasteiger partial charge in [0, 0.05) is 6.54 Å². The van der Waals surface area contributed by atoms with Gasteiger partial charge in [0.25, 0.3) is 0 Å². The van der Waals surface area contributed by atoms with Gasteiger partial charge in [0.2, 0.25) is 0 Å². The minimum absolute atomic E-state index is 0.311. The summed E-state index contributed by atoms with van der Waals surface area (Å²) >= 11 is 0. The monoisotopic (exact) mass is 155 g/mol. The Labute approximate surface area is 68.6 Å². The van der Waals surface area contributed by atoms with Crippen LogP contribution in [-0.4, -0.2) is 19.4 Å². The molecular weight excluding hydrogens is 138 g/mol. The fourth-order valence-electron chi connectivity index (χ4n) is 1.19. The summed E-state index contributed by atoms with van der Waals surface area (Å²) in [6.45, 7) is 6.14. The lowest BCUT2D eigenvalue weighted by Crippen LogP contribution is -2.21. The zero-order valence-corrected chi connectivity index (χ0v) is 7.39. The van der Waals surface area contributed by atoms with Crippen molar-refractivity contribution < 1.29 is 4.74 Å². The van der Waals surface area contributed by atoms with Crippen LogP contribution in [0.25, 0.3) is 0 Å². The molecule has 0 amide bonds. The average Bonchev–Trinajstić information content (AvgIpc) is 2.39. The Hall–Kier alpha value is -0.340. The molecule has 1 heterocycles. The first-order valence-electron chi connectivity index (χ1n) is 4.27. The molecule has 64 valence electrons. The topological polar surface area (TPSA) is 21.3 Å². The molecule has 1 rings (SSSR count). The van der Waals surface area contributed by atoms with Crippen LogP contribution in [0.5, 0.6) is 0 Å². The van der Waals surface area contributed by atoms with Gasteiger partial charge in [-0.15, -0.1) is 0 Å². The van der Waals surface area contributed by atoms with Gasteiger partial charge in [0.1, 0.15) is 6.23 Å². The van der Waals surface area contributed by atoms with Crippen LogP contribution in [0, 0.1) is 0 Å². The van der Waals surface area contributed by atoms with Crippen molar-refractivity contribution in [1.82, 2.24) is 5.32 Å². The van der Waals surface area contributed by atoms with Crippen molar-refractivity contribution in [3.05, 3.63) is 11.6 Å². The van der Waals surface area contributed by atoms with Gasteiger partial charge in [-0.3, -0.25) is 5.32 Å². The zero-order valence-electron chi connectivity index (χ0n) is 7.39. The van der Waals surface area contributed by atoms with Gasteiger partial charge in [-0.25, -0.2) is 0 Å². The van der Waals surface area contributed by atoms with Crippen molar-refractivity contribution in [2.75, 3.05) is 13.2 Å². The van der Waals surface area contributed by atoms with Crippen LogP contribution in [0.2, 0.25) is 0 Å². The molecule has 1 atom stereocenters. The Morgan fingerprint density at radius 2 is 2.45 bits per heavy atom. The van der Waals surface area contributed by atoms with Crippen LogP contribution >= 0.6 is 0 Å². The predicted molar refractivity (Wildman–Crippen MR) is 46.4 cm³/mol. The summed E-state index contributed by atoms with van der Waals surface area (Å²) in [5, 5.41) is 3.28. The first-order valence-corrected chi connectivity index (χ1v) is 4.27. The number of allylic oxidation sites excluding steroid dienone is 2. The Morgan fingerprint density at radius 1 is 1.64 bits per heavy atom. The molecule has 1 aliphatic rings. The van der Waals surface area contributed by atoms with Crippen LogP contribution in [0.1, 0.15) is 26.7 Å². The SMILES string of the molecule is CC(C)=CCCC1NCCO1. The molecule has 0 saturated carbocycles. The zero-order chi connectivity index (χ0) is 8.10. The van der Waals surface area contributed by atoms with Crippen molar-refractivity contribution >= 4 is 0 Å². The summed E-state index contributed by atoms with van der Waals surface area (Å²) in [6.07, 6.45) is 4.79. The number of hydrogen-bond acceptors (Lipinski definition) is 2. The molecule has 0 aromatic rings. The number of hydrogen-bond donors (Lipinski definition) is 1. The van der Waals surface area contributed by atoms with Crippen molar-refractivity contribution in [1.29, 1.82) is 0 Å². The minimum atomic E-state index is 0.311. The molecule has 2 heteroatoms. The predicted octanol–water partition coefficient (Wildman–Crippen LogP) is 1.68. The molecule has 1 aliphatic heterocycles. The second-order valence-corrected chi connectivity index (χ2v) is 3.17. The fourth-order valence-corrected chi connectivity index (χ4v) is 1.19. The fraction of sp³-hybridized carbons (Fsp3) is 0.778. The molecular formula is C9H17NO. The van der Waals surface area contributed by atoms with Crippen LogP contribution in [0.3, 0.4) is 0 Å². The molecule has 1 unspecified atom stereocenters. The van der Waals surface area contributed by atoms with E-state index in [2.05, 4.69) is 25.2 Å². The van der Waals surface area contributed by atoms with Gasteiger partial charge < -0.3 is 4.74 Å². The van der Waals surface area contributed by atoms with E-state index in [1.54, 1.807) is 0 Å². The van der Waals surface area contributed by atoms with Crippen LogP contribution in [-0.2, 0) is 4.74 Å². The first kappa shape index (κ1) is 8.75. The normalized spacial score (nSPS) is 23.6. The Bertz CT molecular complexity index is 132. The summed E-state index contributed by atoms with van der Waals surface area (Å²) < 4.78 is 5.39. The summed E-state index contributed by atoms with van der Waals surface area (Å²) in [5.41, 5.74) is 1.39. The summed E-state index contributed by atoms with van der Waals surface area (Å²) in [5.74, 6) is 0. The van der Waals surface area contributed by atoms with Crippen molar-refractivity contribution in [2.45, 2.75) is 32.9 Å². The van der Waals surface area contributed by atoms with Crippen molar-refractivity contribution in [2.24, 2.45) is 0 Å². The summed E-state index contributed by atoms with van der Waals surface area (Å²) in [6, 6.07) is 0. The second-order valence-electron chi connectivity index (χ2n) is 3.17. The van der Waals surface area contributed by atoms with Gasteiger partial charge in [0.05, 0.1) is 6.61 Å². The third-order valence-corrected chi connectivity index (χ3v) is 1.77. The highest BCUT2D eigenvalue weighted by molar-refractivity contribution is 4.93.